The van der Waals surface area contributed by atoms with E-state index in [4.69, 9.17) is 4.74 Å². The normalized spacial score (nSPS) is 13.7. The van der Waals surface area contributed by atoms with Gasteiger partial charge in [0.1, 0.15) is 5.75 Å². The van der Waals surface area contributed by atoms with Crippen LogP contribution in [0.25, 0.3) is 0 Å². The van der Waals surface area contributed by atoms with Crippen LogP contribution in [0.2, 0.25) is 0 Å². The maximum atomic E-state index is 11.5. The van der Waals surface area contributed by atoms with Crippen LogP contribution in [0.3, 0.4) is 0 Å². The van der Waals surface area contributed by atoms with Crippen molar-refractivity contribution in [1.29, 1.82) is 0 Å². The number of benzene rings is 1. The minimum atomic E-state index is -0.555. The molecule has 2 amide bonds. The summed E-state index contributed by atoms with van der Waals surface area (Å²) < 4.78 is 5.06. The van der Waals surface area contributed by atoms with Gasteiger partial charge >= 0.3 is 11.8 Å². The molecule has 0 atom stereocenters. The monoisotopic (exact) mass is 262 g/mol. The third kappa shape index (κ3) is 4.28. The summed E-state index contributed by atoms with van der Waals surface area (Å²) in [5.74, 6) is -0.283. The number of ether oxygens (including phenoxy) is 1. The van der Waals surface area contributed by atoms with E-state index in [9.17, 15) is 9.59 Å². The fourth-order valence-corrected chi connectivity index (χ4v) is 1.67. The smallest absolute Gasteiger partial charge is 0.309 e. The molecular weight excluding hydrogens is 244 g/mol. The first kappa shape index (κ1) is 13.4. The van der Waals surface area contributed by atoms with E-state index in [1.54, 1.807) is 7.11 Å². The van der Waals surface area contributed by atoms with E-state index in [1.807, 2.05) is 24.3 Å². The van der Waals surface area contributed by atoms with Crippen LogP contribution in [0.1, 0.15) is 18.4 Å². The van der Waals surface area contributed by atoms with Gasteiger partial charge in [0.25, 0.3) is 0 Å². The molecule has 0 radical (unpaired) electrons. The van der Waals surface area contributed by atoms with Crippen molar-refractivity contribution < 1.29 is 14.3 Å². The third-order valence-electron chi connectivity index (χ3n) is 2.98. The van der Waals surface area contributed by atoms with Crippen molar-refractivity contribution in [1.82, 2.24) is 10.6 Å². The van der Waals surface area contributed by atoms with Gasteiger partial charge in [-0.3, -0.25) is 9.59 Å². The number of carbonyl (C=O) groups excluding carboxylic acids is 2. The average molecular weight is 262 g/mol. The number of carbonyl (C=O) groups is 2. The summed E-state index contributed by atoms with van der Waals surface area (Å²) in [5, 5.41) is 5.26. The summed E-state index contributed by atoms with van der Waals surface area (Å²) in [5.41, 5.74) is 1.09. The first-order valence-electron chi connectivity index (χ1n) is 6.40. The molecule has 5 nitrogen and oxygen atoms in total. The van der Waals surface area contributed by atoms with Gasteiger partial charge in [0.05, 0.1) is 7.11 Å². The standard InChI is InChI=1S/C14H18N2O3/c1-19-12-6-2-10(3-7-12)8-9-15-13(17)14(18)16-11-4-5-11/h2-3,6-7,11H,4-5,8-9H2,1H3,(H,15,17)(H,16,18). The Balaban J connectivity index is 1.69. The zero-order chi connectivity index (χ0) is 13.7. The van der Waals surface area contributed by atoms with Gasteiger partial charge in [0.2, 0.25) is 0 Å². The topological polar surface area (TPSA) is 67.4 Å². The lowest BCUT2D eigenvalue weighted by atomic mass is 10.1. The van der Waals surface area contributed by atoms with E-state index < -0.39 is 11.8 Å². The van der Waals surface area contributed by atoms with Crippen LogP contribution in [0.5, 0.6) is 5.75 Å². The molecule has 5 heteroatoms. The molecule has 19 heavy (non-hydrogen) atoms. The number of methoxy groups -OCH3 is 1. The summed E-state index contributed by atoms with van der Waals surface area (Å²) in [4.78, 5) is 22.8. The Morgan fingerprint density at radius 1 is 1.21 bits per heavy atom. The van der Waals surface area contributed by atoms with Gasteiger partial charge in [0.15, 0.2) is 0 Å². The highest BCUT2D eigenvalue weighted by molar-refractivity contribution is 6.35. The van der Waals surface area contributed by atoms with Crippen LogP contribution in [-0.4, -0.2) is 31.5 Å². The summed E-state index contributed by atoms with van der Waals surface area (Å²) in [6.45, 7) is 0.448. The Morgan fingerprint density at radius 2 is 1.89 bits per heavy atom. The molecule has 0 spiro atoms. The highest BCUT2D eigenvalue weighted by Crippen LogP contribution is 2.18. The second-order valence-corrected chi connectivity index (χ2v) is 4.60. The van der Waals surface area contributed by atoms with Crippen molar-refractivity contribution in [2.45, 2.75) is 25.3 Å². The zero-order valence-corrected chi connectivity index (χ0v) is 10.9. The molecule has 0 unspecified atom stereocenters. The van der Waals surface area contributed by atoms with Gasteiger partial charge < -0.3 is 15.4 Å². The average Bonchev–Trinajstić information content (AvgIpc) is 3.23. The summed E-state index contributed by atoms with van der Waals surface area (Å²) in [6, 6.07) is 7.83. The van der Waals surface area contributed by atoms with Crippen molar-refractivity contribution in [3.8, 4) is 5.75 Å². The fraction of sp³-hybridized carbons (Fsp3) is 0.429. The number of hydrogen-bond donors (Lipinski definition) is 2. The van der Waals surface area contributed by atoms with Gasteiger partial charge in [0, 0.05) is 12.6 Å². The quantitative estimate of drug-likeness (QED) is 0.765. The molecule has 1 aliphatic carbocycles. The van der Waals surface area contributed by atoms with Gasteiger partial charge in [-0.15, -0.1) is 0 Å². The predicted molar refractivity (Wildman–Crippen MR) is 70.9 cm³/mol. The molecule has 102 valence electrons. The number of hydrogen-bond acceptors (Lipinski definition) is 3. The summed E-state index contributed by atoms with van der Waals surface area (Å²) in [7, 11) is 1.62. The molecule has 1 saturated carbocycles. The van der Waals surface area contributed by atoms with E-state index in [1.165, 1.54) is 0 Å². The molecule has 1 aromatic rings. The zero-order valence-electron chi connectivity index (χ0n) is 10.9. The molecular formula is C14H18N2O3. The van der Waals surface area contributed by atoms with E-state index in [2.05, 4.69) is 10.6 Å². The Labute approximate surface area is 112 Å². The van der Waals surface area contributed by atoms with Crippen molar-refractivity contribution >= 4 is 11.8 Å². The molecule has 1 aliphatic rings. The van der Waals surface area contributed by atoms with Gasteiger partial charge in [-0.1, -0.05) is 12.1 Å². The fourth-order valence-electron chi connectivity index (χ4n) is 1.67. The van der Waals surface area contributed by atoms with E-state index in [0.29, 0.717) is 13.0 Å². The second-order valence-electron chi connectivity index (χ2n) is 4.60. The molecule has 2 rings (SSSR count). The van der Waals surface area contributed by atoms with Crippen LogP contribution >= 0.6 is 0 Å². The number of rotatable bonds is 5. The van der Waals surface area contributed by atoms with E-state index in [0.717, 1.165) is 24.2 Å². The Hall–Kier alpha value is -2.04. The van der Waals surface area contributed by atoms with Crippen LogP contribution in [0.4, 0.5) is 0 Å². The maximum Gasteiger partial charge on any atom is 0.309 e. The molecule has 1 fully saturated rings. The second kappa shape index (κ2) is 6.22. The first-order valence-corrected chi connectivity index (χ1v) is 6.40. The SMILES string of the molecule is COc1ccc(CCNC(=O)C(=O)NC2CC2)cc1. The third-order valence-corrected chi connectivity index (χ3v) is 2.98. The Kier molecular flexibility index (Phi) is 4.39. The van der Waals surface area contributed by atoms with Crippen molar-refractivity contribution in [3.63, 3.8) is 0 Å². The molecule has 2 N–H and O–H groups in total. The molecule has 1 aromatic carbocycles. The first-order chi connectivity index (χ1) is 9.19. The van der Waals surface area contributed by atoms with Crippen molar-refractivity contribution in [3.05, 3.63) is 29.8 Å². The lowest BCUT2D eigenvalue weighted by Crippen LogP contribution is -2.41. The van der Waals surface area contributed by atoms with E-state index in [-0.39, 0.29) is 6.04 Å². The number of nitrogens with one attached hydrogen (secondary N) is 2. The Morgan fingerprint density at radius 3 is 2.47 bits per heavy atom. The van der Waals surface area contributed by atoms with Gasteiger partial charge in [-0.25, -0.2) is 0 Å². The minimum absolute atomic E-state index is 0.208. The van der Waals surface area contributed by atoms with Crippen LogP contribution in [0, 0.1) is 0 Å². The predicted octanol–water partition coefficient (Wildman–Crippen LogP) is 0.632. The van der Waals surface area contributed by atoms with Crippen molar-refractivity contribution in [2.24, 2.45) is 0 Å². The molecule has 0 bridgehead atoms. The van der Waals surface area contributed by atoms with Crippen LogP contribution in [-0.2, 0) is 16.0 Å². The highest BCUT2D eigenvalue weighted by atomic mass is 16.5. The Bertz CT molecular complexity index is 452. The van der Waals surface area contributed by atoms with Crippen LogP contribution < -0.4 is 15.4 Å². The van der Waals surface area contributed by atoms with Crippen LogP contribution in [0.15, 0.2) is 24.3 Å². The molecule has 0 aliphatic heterocycles. The highest BCUT2D eigenvalue weighted by Gasteiger charge is 2.25. The minimum Gasteiger partial charge on any atom is -0.497 e. The van der Waals surface area contributed by atoms with Crippen molar-refractivity contribution in [2.75, 3.05) is 13.7 Å². The molecule has 0 heterocycles. The number of amides is 2. The maximum absolute atomic E-state index is 11.5. The molecule has 0 aromatic heterocycles. The summed E-state index contributed by atoms with van der Waals surface area (Å²) in [6.07, 6.45) is 2.64. The van der Waals surface area contributed by atoms with E-state index >= 15 is 0 Å². The lowest BCUT2D eigenvalue weighted by molar-refractivity contribution is -0.139. The summed E-state index contributed by atoms with van der Waals surface area (Å²) >= 11 is 0. The van der Waals surface area contributed by atoms with Gasteiger partial charge in [-0.2, -0.15) is 0 Å². The molecule has 0 saturated heterocycles. The van der Waals surface area contributed by atoms with Gasteiger partial charge in [-0.05, 0) is 37.0 Å². The lowest BCUT2D eigenvalue weighted by Gasteiger charge is -2.06. The largest absolute Gasteiger partial charge is 0.497 e.